The smallest absolute Gasteiger partial charge is 0.195 e. The Balaban J connectivity index is 2.41. The van der Waals surface area contributed by atoms with E-state index in [4.69, 9.17) is 0 Å². The van der Waals surface area contributed by atoms with Gasteiger partial charge in [0, 0.05) is 24.3 Å². The maximum Gasteiger partial charge on any atom is 0.195 e. The van der Waals surface area contributed by atoms with Crippen molar-refractivity contribution in [1.82, 2.24) is 19.9 Å². The van der Waals surface area contributed by atoms with E-state index in [1.165, 1.54) is 0 Å². The van der Waals surface area contributed by atoms with Gasteiger partial charge in [0.1, 0.15) is 0 Å². The summed E-state index contributed by atoms with van der Waals surface area (Å²) in [6.07, 6.45) is 5.22. The quantitative estimate of drug-likeness (QED) is 0.784. The van der Waals surface area contributed by atoms with E-state index >= 15 is 0 Å². The predicted octanol–water partition coefficient (Wildman–Crippen LogP) is 1.99. The van der Waals surface area contributed by atoms with Crippen molar-refractivity contribution in [3.05, 3.63) is 30.4 Å². The molecule has 0 aliphatic heterocycles. The SMILES string of the molecule is CC(C)c1ccnc(-c2ncc[nH]2)n1. The summed E-state index contributed by atoms with van der Waals surface area (Å²) in [4.78, 5) is 15.7. The Morgan fingerprint density at radius 3 is 2.71 bits per heavy atom. The summed E-state index contributed by atoms with van der Waals surface area (Å²) in [6, 6.07) is 1.93. The second kappa shape index (κ2) is 3.57. The number of imidazole rings is 1. The number of aromatic nitrogens is 4. The van der Waals surface area contributed by atoms with Crippen molar-refractivity contribution >= 4 is 0 Å². The standard InChI is InChI=1S/C10H12N4/c1-7(2)8-3-4-11-10(14-8)9-12-5-6-13-9/h3-7H,1-2H3,(H,12,13). The van der Waals surface area contributed by atoms with Crippen LogP contribution in [0.3, 0.4) is 0 Å². The van der Waals surface area contributed by atoms with E-state index in [-0.39, 0.29) is 0 Å². The Morgan fingerprint density at radius 1 is 1.21 bits per heavy atom. The van der Waals surface area contributed by atoms with Crippen LogP contribution >= 0.6 is 0 Å². The molecule has 2 heterocycles. The van der Waals surface area contributed by atoms with Gasteiger partial charge in [-0.2, -0.15) is 0 Å². The van der Waals surface area contributed by atoms with Gasteiger partial charge in [0.15, 0.2) is 11.6 Å². The molecule has 2 aromatic heterocycles. The van der Waals surface area contributed by atoms with Crippen LogP contribution < -0.4 is 0 Å². The Bertz CT molecular complexity index is 406. The zero-order valence-electron chi connectivity index (χ0n) is 8.23. The number of H-pyrrole nitrogens is 1. The lowest BCUT2D eigenvalue weighted by Crippen LogP contribution is -1.97. The molecule has 0 atom stereocenters. The number of rotatable bonds is 2. The van der Waals surface area contributed by atoms with Gasteiger partial charge in [-0.3, -0.25) is 0 Å². The van der Waals surface area contributed by atoms with Crippen molar-refractivity contribution in [2.45, 2.75) is 19.8 Å². The minimum Gasteiger partial charge on any atom is -0.342 e. The van der Waals surface area contributed by atoms with E-state index in [0.717, 1.165) is 5.69 Å². The highest BCUT2D eigenvalue weighted by molar-refractivity contribution is 5.42. The Labute approximate surface area is 82.5 Å². The molecule has 0 unspecified atom stereocenters. The molecular weight excluding hydrogens is 176 g/mol. The lowest BCUT2D eigenvalue weighted by atomic mass is 10.1. The molecule has 4 nitrogen and oxygen atoms in total. The van der Waals surface area contributed by atoms with Gasteiger partial charge >= 0.3 is 0 Å². The molecule has 0 radical (unpaired) electrons. The van der Waals surface area contributed by atoms with E-state index in [0.29, 0.717) is 17.6 Å². The molecule has 0 spiro atoms. The van der Waals surface area contributed by atoms with Gasteiger partial charge < -0.3 is 4.98 Å². The molecular formula is C10H12N4. The molecule has 4 heteroatoms. The molecule has 2 aromatic rings. The fourth-order valence-electron chi connectivity index (χ4n) is 1.20. The maximum atomic E-state index is 4.41. The van der Waals surface area contributed by atoms with Gasteiger partial charge in [-0.1, -0.05) is 13.8 Å². The Hall–Kier alpha value is -1.71. The van der Waals surface area contributed by atoms with Crippen LogP contribution in [0.2, 0.25) is 0 Å². The van der Waals surface area contributed by atoms with Crippen LogP contribution in [-0.2, 0) is 0 Å². The van der Waals surface area contributed by atoms with Crippen molar-refractivity contribution < 1.29 is 0 Å². The topological polar surface area (TPSA) is 54.5 Å². The maximum absolute atomic E-state index is 4.41. The number of nitrogens with one attached hydrogen (secondary N) is 1. The average Bonchev–Trinajstić information content (AvgIpc) is 2.71. The molecule has 0 aliphatic carbocycles. The van der Waals surface area contributed by atoms with Crippen molar-refractivity contribution in [2.24, 2.45) is 0 Å². The van der Waals surface area contributed by atoms with E-state index in [1.54, 1.807) is 18.6 Å². The molecule has 14 heavy (non-hydrogen) atoms. The number of hydrogen-bond donors (Lipinski definition) is 1. The van der Waals surface area contributed by atoms with E-state index in [2.05, 4.69) is 33.8 Å². The highest BCUT2D eigenvalue weighted by Crippen LogP contribution is 2.14. The Kier molecular flexibility index (Phi) is 2.26. The van der Waals surface area contributed by atoms with Gasteiger partial charge in [-0.15, -0.1) is 0 Å². The molecule has 0 amide bonds. The summed E-state index contributed by atoms with van der Waals surface area (Å²) in [5.41, 5.74) is 1.03. The molecule has 2 rings (SSSR count). The molecule has 72 valence electrons. The van der Waals surface area contributed by atoms with Gasteiger partial charge in [-0.05, 0) is 12.0 Å². The van der Waals surface area contributed by atoms with Crippen LogP contribution in [0.15, 0.2) is 24.7 Å². The van der Waals surface area contributed by atoms with Crippen molar-refractivity contribution in [3.8, 4) is 11.6 Å². The van der Waals surface area contributed by atoms with E-state index in [9.17, 15) is 0 Å². The van der Waals surface area contributed by atoms with Crippen molar-refractivity contribution in [2.75, 3.05) is 0 Å². The minimum atomic E-state index is 0.409. The third-order valence-electron chi connectivity index (χ3n) is 1.98. The van der Waals surface area contributed by atoms with Gasteiger partial charge in [-0.25, -0.2) is 15.0 Å². The normalized spacial score (nSPS) is 10.8. The summed E-state index contributed by atoms with van der Waals surface area (Å²) in [7, 11) is 0. The first-order valence-corrected chi connectivity index (χ1v) is 4.60. The highest BCUT2D eigenvalue weighted by Gasteiger charge is 2.06. The van der Waals surface area contributed by atoms with Gasteiger partial charge in [0.2, 0.25) is 0 Å². The Morgan fingerprint density at radius 2 is 2.07 bits per heavy atom. The molecule has 0 fully saturated rings. The largest absolute Gasteiger partial charge is 0.342 e. The van der Waals surface area contributed by atoms with Crippen LogP contribution in [0.25, 0.3) is 11.6 Å². The summed E-state index contributed by atoms with van der Waals surface area (Å²) in [6.45, 7) is 4.21. The van der Waals surface area contributed by atoms with Crippen LogP contribution in [0.1, 0.15) is 25.5 Å². The van der Waals surface area contributed by atoms with Crippen LogP contribution in [-0.4, -0.2) is 19.9 Å². The van der Waals surface area contributed by atoms with Crippen molar-refractivity contribution in [1.29, 1.82) is 0 Å². The second-order valence-electron chi connectivity index (χ2n) is 3.40. The second-order valence-corrected chi connectivity index (χ2v) is 3.40. The minimum absolute atomic E-state index is 0.409. The van der Waals surface area contributed by atoms with Crippen LogP contribution in [0.4, 0.5) is 0 Å². The average molecular weight is 188 g/mol. The molecule has 0 aliphatic rings. The zero-order valence-corrected chi connectivity index (χ0v) is 8.23. The fraction of sp³-hybridized carbons (Fsp3) is 0.300. The molecule has 0 saturated carbocycles. The van der Waals surface area contributed by atoms with E-state index < -0.39 is 0 Å². The molecule has 0 bridgehead atoms. The lowest BCUT2D eigenvalue weighted by molar-refractivity contribution is 0.815. The lowest BCUT2D eigenvalue weighted by Gasteiger charge is -2.04. The third-order valence-corrected chi connectivity index (χ3v) is 1.98. The molecule has 1 N–H and O–H groups in total. The van der Waals surface area contributed by atoms with Gasteiger partial charge in [0.05, 0.1) is 0 Å². The zero-order chi connectivity index (χ0) is 9.97. The summed E-state index contributed by atoms with van der Waals surface area (Å²) in [5.74, 6) is 1.78. The van der Waals surface area contributed by atoms with Gasteiger partial charge in [0.25, 0.3) is 0 Å². The monoisotopic (exact) mass is 188 g/mol. The number of nitrogens with zero attached hydrogens (tertiary/aromatic N) is 3. The summed E-state index contributed by atoms with van der Waals surface area (Å²) >= 11 is 0. The summed E-state index contributed by atoms with van der Waals surface area (Å²) < 4.78 is 0. The summed E-state index contributed by atoms with van der Waals surface area (Å²) in [5, 5.41) is 0. The van der Waals surface area contributed by atoms with E-state index in [1.807, 2.05) is 6.07 Å². The number of aromatic amines is 1. The first-order chi connectivity index (χ1) is 6.77. The van der Waals surface area contributed by atoms with Crippen LogP contribution in [0, 0.1) is 0 Å². The first-order valence-electron chi connectivity index (χ1n) is 4.60. The fourth-order valence-corrected chi connectivity index (χ4v) is 1.20. The first kappa shape index (κ1) is 8.87. The molecule has 0 aromatic carbocycles. The highest BCUT2D eigenvalue weighted by atomic mass is 15.0. The molecule has 0 saturated heterocycles. The predicted molar refractivity (Wildman–Crippen MR) is 53.7 cm³/mol. The number of hydrogen-bond acceptors (Lipinski definition) is 3. The van der Waals surface area contributed by atoms with Crippen LogP contribution in [0.5, 0.6) is 0 Å². The third kappa shape index (κ3) is 1.64. The van der Waals surface area contributed by atoms with Crippen molar-refractivity contribution in [3.63, 3.8) is 0 Å².